The minimum atomic E-state index is -2.17. The zero-order valence-electron chi connectivity index (χ0n) is 17.2. The van der Waals surface area contributed by atoms with Crippen LogP contribution in [0.3, 0.4) is 0 Å². The van der Waals surface area contributed by atoms with Gasteiger partial charge in [-0.1, -0.05) is 101 Å². The molecule has 140 valence electrons. The first-order valence-corrected chi connectivity index (χ1v) is 11.2. The van der Waals surface area contributed by atoms with Crippen molar-refractivity contribution in [3.63, 3.8) is 0 Å². The van der Waals surface area contributed by atoms with E-state index in [1.165, 1.54) is 38.5 Å². The highest BCUT2D eigenvalue weighted by Crippen LogP contribution is 2.61. The lowest BCUT2D eigenvalue weighted by molar-refractivity contribution is 0.278. The Bertz CT molecular complexity index is 253. The molecule has 0 aliphatic heterocycles. The SMILES string of the molecule is CCC(C)(CC)[SiH](C(C)(CC)CC)C(C)(CC)CC.OB(O)O. The molecule has 23 heavy (non-hydrogen) atoms. The zero-order valence-corrected chi connectivity index (χ0v) is 18.4. The van der Waals surface area contributed by atoms with E-state index in [1.807, 2.05) is 0 Å². The van der Waals surface area contributed by atoms with E-state index in [2.05, 4.69) is 62.3 Å². The lowest BCUT2D eigenvalue weighted by Gasteiger charge is -2.55. The van der Waals surface area contributed by atoms with E-state index in [-0.39, 0.29) is 0 Å². The Hall–Kier alpha value is 0.162. The quantitative estimate of drug-likeness (QED) is 0.520. The van der Waals surface area contributed by atoms with Crippen LogP contribution in [0.5, 0.6) is 0 Å². The van der Waals surface area contributed by atoms with Gasteiger partial charge in [0.25, 0.3) is 0 Å². The Morgan fingerprint density at radius 2 is 0.696 bits per heavy atom. The second-order valence-electron chi connectivity index (χ2n) is 7.86. The minimum absolute atomic E-state index is 0.613. The van der Waals surface area contributed by atoms with E-state index < -0.39 is 16.1 Å². The number of hydrogen-bond acceptors (Lipinski definition) is 3. The summed E-state index contributed by atoms with van der Waals surface area (Å²) < 4.78 is 0. The summed E-state index contributed by atoms with van der Waals surface area (Å²) >= 11 is 0. The van der Waals surface area contributed by atoms with E-state index in [0.717, 1.165) is 0 Å². The summed E-state index contributed by atoms with van der Waals surface area (Å²) in [6.45, 7) is 22.4. The van der Waals surface area contributed by atoms with Crippen LogP contribution in [-0.2, 0) is 0 Å². The van der Waals surface area contributed by atoms with Gasteiger partial charge in [-0.05, 0) is 15.1 Å². The van der Waals surface area contributed by atoms with Crippen LogP contribution in [0, 0.1) is 0 Å². The van der Waals surface area contributed by atoms with Crippen LogP contribution in [0.15, 0.2) is 0 Å². The molecule has 0 bridgehead atoms. The van der Waals surface area contributed by atoms with E-state index >= 15 is 0 Å². The van der Waals surface area contributed by atoms with Gasteiger partial charge in [0.05, 0.1) is 8.80 Å². The molecule has 0 saturated heterocycles. The van der Waals surface area contributed by atoms with Crippen molar-refractivity contribution >= 4 is 16.1 Å². The van der Waals surface area contributed by atoms with Gasteiger partial charge in [-0.15, -0.1) is 0 Å². The second-order valence-corrected chi connectivity index (χ2v) is 12.9. The predicted molar refractivity (Wildman–Crippen MR) is 106 cm³/mol. The third-order valence-corrected chi connectivity index (χ3v) is 13.6. The highest BCUT2D eigenvalue weighted by atomic mass is 28.3. The molecule has 0 unspecified atom stereocenters. The molecule has 0 fully saturated rings. The fraction of sp³-hybridized carbons (Fsp3) is 1.00. The molecular formula is C18H43BO3Si. The molecule has 0 aliphatic carbocycles. The highest BCUT2D eigenvalue weighted by molar-refractivity contribution is 6.68. The van der Waals surface area contributed by atoms with Crippen LogP contribution >= 0.6 is 0 Å². The highest BCUT2D eigenvalue weighted by Gasteiger charge is 2.51. The number of hydrogen-bond donors (Lipinski definition) is 3. The average Bonchev–Trinajstić information content (AvgIpc) is 2.53. The van der Waals surface area contributed by atoms with Gasteiger partial charge < -0.3 is 15.1 Å². The Balaban J connectivity index is 0. The molecule has 5 heteroatoms. The van der Waals surface area contributed by atoms with Crippen molar-refractivity contribution < 1.29 is 15.1 Å². The van der Waals surface area contributed by atoms with Crippen LogP contribution in [-0.4, -0.2) is 31.2 Å². The largest absolute Gasteiger partial charge is 0.631 e. The van der Waals surface area contributed by atoms with Crippen LogP contribution in [0.4, 0.5) is 0 Å². The van der Waals surface area contributed by atoms with Gasteiger partial charge >= 0.3 is 7.32 Å². The first-order valence-electron chi connectivity index (χ1n) is 9.50. The maximum atomic E-state index is 7.17. The summed E-state index contributed by atoms with van der Waals surface area (Å²) in [5, 5.41) is 23.3. The lowest BCUT2D eigenvalue weighted by Crippen LogP contribution is -2.48. The van der Waals surface area contributed by atoms with Crippen LogP contribution in [0.25, 0.3) is 0 Å². The third kappa shape index (κ3) is 6.89. The van der Waals surface area contributed by atoms with Crippen molar-refractivity contribution in [3.05, 3.63) is 0 Å². The van der Waals surface area contributed by atoms with Crippen LogP contribution in [0.1, 0.15) is 101 Å². The monoisotopic (exact) mass is 346 g/mol. The average molecular weight is 346 g/mol. The molecule has 0 rings (SSSR count). The maximum absolute atomic E-state index is 7.17. The zero-order chi connectivity index (χ0) is 18.9. The Morgan fingerprint density at radius 1 is 0.565 bits per heavy atom. The fourth-order valence-corrected chi connectivity index (χ4v) is 12.0. The van der Waals surface area contributed by atoms with Gasteiger partial charge in [0.1, 0.15) is 0 Å². The summed E-state index contributed by atoms with van der Waals surface area (Å²) in [5.41, 5.74) is 0. The molecule has 0 spiro atoms. The first kappa shape index (κ1) is 25.4. The smallest absolute Gasteiger partial charge is 0.402 e. The van der Waals surface area contributed by atoms with Crippen LogP contribution < -0.4 is 0 Å². The molecule has 0 aromatic heterocycles. The summed E-state index contributed by atoms with van der Waals surface area (Å²) in [6.07, 6.45) is 8.20. The van der Waals surface area contributed by atoms with Crippen molar-refractivity contribution in [3.8, 4) is 0 Å². The normalized spacial score (nSPS) is 12.9. The van der Waals surface area contributed by atoms with Crippen LogP contribution in [0.2, 0.25) is 15.1 Å². The molecule has 0 atom stereocenters. The minimum Gasteiger partial charge on any atom is -0.402 e. The molecule has 0 aromatic carbocycles. The molecule has 0 amide bonds. The molecule has 0 heterocycles. The van der Waals surface area contributed by atoms with Gasteiger partial charge in [-0.3, -0.25) is 0 Å². The standard InChI is InChI=1S/C18H40Si.BH3O3/c1-10-16(7,11-2)19(17(8,12-3)13-4)18(9,14-5)15-6;2-1(3)4/h19H,10-15H2,1-9H3;2-4H. The van der Waals surface area contributed by atoms with Gasteiger partial charge in [0.2, 0.25) is 0 Å². The third-order valence-electron chi connectivity index (χ3n) is 6.94. The summed E-state index contributed by atoms with van der Waals surface area (Å²) in [5.74, 6) is 0. The van der Waals surface area contributed by atoms with Gasteiger partial charge in [-0.25, -0.2) is 0 Å². The molecule has 0 aliphatic rings. The molecule has 0 aromatic rings. The number of rotatable bonds is 9. The van der Waals surface area contributed by atoms with Crippen molar-refractivity contribution in [1.29, 1.82) is 0 Å². The summed E-state index contributed by atoms with van der Waals surface area (Å²) in [4.78, 5) is 0. The lowest BCUT2D eigenvalue weighted by atomic mass is 10.0. The molecule has 0 saturated carbocycles. The molecule has 0 radical (unpaired) electrons. The van der Waals surface area contributed by atoms with E-state index in [9.17, 15) is 0 Å². The molecule has 3 N–H and O–H groups in total. The van der Waals surface area contributed by atoms with E-state index in [1.54, 1.807) is 0 Å². The van der Waals surface area contributed by atoms with Gasteiger partial charge in [-0.2, -0.15) is 0 Å². The van der Waals surface area contributed by atoms with E-state index in [4.69, 9.17) is 15.1 Å². The molecular weight excluding hydrogens is 303 g/mol. The Morgan fingerprint density at radius 3 is 0.783 bits per heavy atom. The first-order chi connectivity index (χ1) is 10.5. The Kier molecular flexibility index (Phi) is 12.0. The topological polar surface area (TPSA) is 60.7 Å². The van der Waals surface area contributed by atoms with Crippen molar-refractivity contribution in [2.75, 3.05) is 0 Å². The van der Waals surface area contributed by atoms with Crippen molar-refractivity contribution in [1.82, 2.24) is 0 Å². The van der Waals surface area contributed by atoms with Gasteiger partial charge in [0, 0.05) is 0 Å². The second kappa shape index (κ2) is 10.9. The fourth-order valence-electron chi connectivity index (χ4n) is 4.50. The predicted octanol–water partition coefficient (Wildman–Crippen LogP) is 4.90. The summed E-state index contributed by atoms with van der Waals surface area (Å²) in [6, 6.07) is 0. The van der Waals surface area contributed by atoms with Crippen molar-refractivity contribution in [2.24, 2.45) is 0 Å². The Labute approximate surface area is 147 Å². The van der Waals surface area contributed by atoms with Gasteiger partial charge in [0.15, 0.2) is 0 Å². The van der Waals surface area contributed by atoms with E-state index in [0.29, 0.717) is 15.1 Å². The summed E-state index contributed by atoms with van der Waals surface area (Å²) in [7, 11) is -3.09. The van der Waals surface area contributed by atoms with Crippen molar-refractivity contribution in [2.45, 2.75) is 116 Å². The molecule has 3 nitrogen and oxygen atoms in total. The maximum Gasteiger partial charge on any atom is 0.631 e.